The largest absolute Gasteiger partial charge is 0.383 e. The van der Waals surface area contributed by atoms with Crippen molar-refractivity contribution >= 4 is 22.4 Å². The van der Waals surface area contributed by atoms with Gasteiger partial charge in [0.25, 0.3) is 0 Å². The number of anilines is 1. The molecule has 6 rings (SSSR count). The van der Waals surface area contributed by atoms with Gasteiger partial charge in [0.2, 0.25) is 0 Å². The molecule has 1 unspecified atom stereocenters. The molecule has 4 aromatic rings. The molecular formula is C24H20N6. The normalized spacial score (nSPS) is 18.1. The van der Waals surface area contributed by atoms with Crippen LogP contribution in [0.25, 0.3) is 22.3 Å². The average molecular weight is 392 g/mol. The molecular weight excluding hydrogens is 372 g/mol. The fourth-order valence-electron chi connectivity index (χ4n) is 4.35. The Hall–Kier alpha value is -3.67. The van der Waals surface area contributed by atoms with Crippen molar-refractivity contribution < 1.29 is 0 Å². The Morgan fingerprint density at radius 2 is 1.77 bits per heavy atom. The fourth-order valence-corrected chi connectivity index (χ4v) is 4.35. The molecule has 2 aromatic heterocycles. The van der Waals surface area contributed by atoms with Crippen molar-refractivity contribution in [2.24, 2.45) is 10.9 Å². The first-order valence-electron chi connectivity index (χ1n) is 10.3. The summed E-state index contributed by atoms with van der Waals surface area (Å²) in [5, 5.41) is 0.991. The third-order valence-electron chi connectivity index (χ3n) is 6.18. The second kappa shape index (κ2) is 6.69. The molecule has 146 valence electrons. The molecule has 0 spiro atoms. The first kappa shape index (κ1) is 17.2. The van der Waals surface area contributed by atoms with E-state index in [2.05, 4.69) is 27.1 Å². The van der Waals surface area contributed by atoms with Crippen LogP contribution in [-0.4, -0.2) is 25.6 Å². The molecule has 0 amide bonds. The zero-order valence-corrected chi connectivity index (χ0v) is 16.4. The maximum absolute atomic E-state index is 6.28. The van der Waals surface area contributed by atoms with Gasteiger partial charge in [0, 0.05) is 22.7 Å². The zero-order chi connectivity index (χ0) is 20.1. The third-order valence-corrected chi connectivity index (χ3v) is 6.18. The third kappa shape index (κ3) is 2.68. The van der Waals surface area contributed by atoms with E-state index in [1.165, 1.54) is 19.3 Å². The predicted octanol–water partition coefficient (Wildman–Crippen LogP) is 4.36. The van der Waals surface area contributed by atoms with Crippen LogP contribution < -0.4 is 5.73 Å². The highest BCUT2D eigenvalue weighted by Gasteiger charge is 2.37. The first-order valence-corrected chi connectivity index (χ1v) is 10.3. The number of aliphatic imine (C=N–C) groups is 1. The molecule has 1 saturated carbocycles. The van der Waals surface area contributed by atoms with Crippen LogP contribution in [0.3, 0.4) is 0 Å². The summed E-state index contributed by atoms with van der Waals surface area (Å²) in [7, 11) is 0. The zero-order valence-electron chi connectivity index (χ0n) is 16.4. The minimum atomic E-state index is 0.0787. The molecule has 2 aliphatic rings. The van der Waals surface area contributed by atoms with Gasteiger partial charge in [0.15, 0.2) is 5.82 Å². The maximum atomic E-state index is 6.28. The Kier molecular flexibility index (Phi) is 3.84. The quantitative estimate of drug-likeness (QED) is 0.559. The summed E-state index contributed by atoms with van der Waals surface area (Å²) in [5.74, 6) is 1.75. The molecule has 1 aliphatic carbocycles. The minimum absolute atomic E-state index is 0.0787. The van der Waals surface area contributed by atoms with Gasteiger partial charge >= 0.3 is 0 Å². The minimum Gasteiger partial charge on any atom is -0.383 e. The van der Waals surface area contributed by atoms with E-state index < -0.39 is 0 Å². The molecule has 2 N–H and O–H groups in total. The molecule has 0 saturated heterocycles. The van der Waals surface area contributed by atoms with Crippen LogP contribution >= 0.6 is 0 Å². The molecule has 3 heterocycles. The first-order chi connectivity index (χ1) is 14.8. The van der Waals surface area contributed by atoms with Crippen molar-refractivity contribution in [2.45, 2.75) is 25.3 Å². The van der Waals surface area contributed by atoms with Gasteiger partial charge in [-0.25, -0.2) is 19.9 Å². The number of fused-ring (bicyclic) bond motifs is 2. The van der Waals surface area contributed by atoms with Gasteiger partial charge in [0.1, 0.15) is 12.1 Å². The van der Waals surface area contributed by atoms with Crippen molar-refractivity contribution in [3.05, 3.63) is 77.9 Å². The second-order valence-electron chi connectivity index (χ2n) is 7.97. The summed E-state index contributed by atoms with van der Waals surface area (Å²) in [6, 6.07) is 16.3. The SMILES string of the molecule is Nc1ncnc2c1C(c1ccc3cnc(-c4ccccc4)nc3c1)=NC2C1CCC1. The molecule has 0 bridgehead atoms. The van der Waals surface area contributed by atoms with E-state index >= 15 is 0 Å². The standard InChI is InChI=1S/C24H20N6/c25-23-19-20(30-21(14-7-4-8-14)22(19)27-13-28-23)16-9-10-17-12-26-24(29-18(17)11-16)15-5-2-1-3-6-15/h1-3,5-6,9-14,21H,4,7-8H2,(H2,25,27,28). The molecule has 1 aliphatic heterocycles. The summed E-state index contributed by atoms with van der Waals surface area (Å²) in [6.45, 7) is 0. The van der Waals surface area contributed by atoms with Gasteiger partial charge in [-0.05, 0) is 24.8 Å². The summed E-state index contributed by atoms with van der Waals surface area (Å²) >= 11 is 0. The lowest BCUT2D eigenvalue weighted by molar-refractivity contribution is 0.265. The second-order valence-corrected chi connectivity index (χ2v) is 7.97. The lowest BCUT2D eigenvalue weighted by atomic mass is 9.79. The van der Waals surface area contributed by atoms with Gasteiger partial charge < -0.3 is 5.73 Å². The lowest BCUT2D eigenvalue weighted by Crippen LogP contribution is -2.19. The van der Waals surface area contributed by atoms with Crippen molar-refractivity contribution in [1.29, 1.82) is 0 Å². The molecule has 2 aromatic carbocycles. The molecule has 6 heteroatoms. The van der Waals surface area contributed by atoms with E-state index in [0.717, 1.165) is 39.0 Å². The fraction of sp³-hybridized carbons (Fsp3) is 0.208. The lowest BCUT2D eigenvalue weighted by Gasteiger charge is -2.29. The molecule has 6 nitrogen and oxygen atoms in total. The molecule has 1 fully saturated rings. The van der Waals surface area contributed by atoms with Crippen molar-refractivity contribution in [1.82, 2.24) is 19.9 Å². The van der Waals surface area contributed by atoms with E-state index in [-0.39, 0.29) is 6.04 Å². The molecule has 0 radical (unpaired) electrons. The van der Waals surface area contributed by atoms with Crippen LogP contribution in [0.15, 0.2) is 66.0 Å². The highest BCUT2D eigenvalue weighted by atomic mass is 15.0. The Balaban J connectivity index is 1.48. The smallest absolute Gasteiger partial charge is 0.159 e. The van der Waals surface area contributed by atoms with Crippen LogP contribution in [0.4, 0.5) is 5.82 Å². The number of nitrogens with two attached hydrogens (primary N) is 1. The Labute approximate surface area is 174 Å². The van der Waals surface area contributed by atoms with E-state index in [4.69, 9.17) is 15.7 Å². The summed E-state index contributed by atoms with van der Waals surface area (Å²) in [5.41, 5.74) is 11.9. The van der Waals surface area contributed by atoms with E-state index in [1.807, 2.05) is 42.6 Å². The number of rotatable bonds is 3. The van der Waals surface area contributed by atoms with Gasteiger partial charge in [0.05, 0.1) is 28.5 Å². The summed E-state index contributed by atoms with van der Waals surface area (Å²) in [6.07, 6.45) is 7.06. The molecule has 1 atom stereocenters. The van der Waals surface area contributed by atoms with E-state index in [1.54, 1.807) is 6.33 Å². The maximum Gasteiger partial charge on any atom is 0.159 e. The van der Waals surface area contributed by atoms with E-state index in [0.29, 0.717) is 17.6 Å². The van der Waals surface area contributed by atoms with Gasteiger partial charge in [-0.15, -0.1) is 0 Å². The number of aromatic nitrogens is 4. The van der Waals surface area contributed by atoms with Gasteiger partial charge in [-0.1, -0.05) is 48.9 Å². The number of benzene rings is 2. The van der Waals surface area contributed by atoms with Crippen molar-refractivity contribution in [3.63, 3.8) is 0 Å². The van der Waals surface area contributed by atoms with Crippen molar-refractivity contribution in [3.8, 4) is 11.4 Å². The Morgan fingerprint density at radius 3 is 2.57 bits per heavy atom. The Morgan fingerprint density at radius 1 is 0.900 bits per heavy atom. The van der Waals surface area contributed by atoms with Crippen LogP contribution in [0.1, 0.15) is 42.1 Å². The highest BCUT2D eigenvalue weighted by Crippen LogP contribution is 2.45. The van der Waals surface area contributed by atoms with Gasteiger partial charge in [-0.3, -0.25) is 4.99 Å². The number of nitrogens with zero attached hydrogens (tertiary/aromatic N) is 5. The molecule has 30 heavy (non-hydrogen) atoms. The Bertz CT molecular complexity index is 1290. The predicted molar refractivity (Wildman–Crippen MR) is 117 cm³/mol. The van der Waals surface area contributed by atoms with Crippen LogP contribution in [0.2, 0.25) is 0 Å². The highest BCUT2D eigenvalue weighted by molar-refractivity contribution is 6.18. The van der Waals surface area contributed by atoms with E-state index in [9.17, 15) is 0 Å². The monoisotopic (exact) mass is 392 g/mol. The van der Waals surface area contributed by atoms with Crippen LogP contribution in [0.5, 0.6) is 0 Å². The van der Waals surface area contributed by atoms with Crippen molar-refractivity contribution in [2.75, 3.05) is 5.73 Å². The summed E-state index contributed by atoms with van der Waals surface area (Å²) < 4.78 is 0. The number of hydrogen-bond donors (Lipinski definition) is 1. The van der Waals surface area contributed by atoms with Crippen LogP contribution in [-0.2, 0) is 0 Å². The van der Waals surface area contributed by atoms with Gasteiger partial charge in [-0.2, -0.15) is 0 Å². The number of hydrogen-bond acceptors (Lipinski definition) is 6. The number of nitrogen functional groups attached to an aromatic ring is 1. The topological polar surface area (TPSA) is 89.9 Å². The average Bonchev–Trinajstić information content (AvgIpc) is 3.13. The van der Waals surface area contributed by atoms with Crippen LogP contribution in [0, 0.1) is 5.92 Å². The summed E-state index contributed by atoms with van der Waals surface area (Å²) in [4.78, 5) is 23.2.